The predicted octanol–water partition coefficient (Wildman–Crippen LogP) is 4.58. The molecule has 0 atom stereocenters. The van der Waals surface area contributed by atoms with E-state index in [1.54, 1.807) is 42.6 Å². The normalized spacial score (nSPS) is 11.3. The van der Waals surface area contributed by atoms with E-state index in [4.69, 9.17) is 4.42 Å². The summed E-state index contributed by atoms with van der Waals surface area (Å²) in [6.07, 6.45) is 0. The maximum absolute atomic E-state index is 13.5. The van der Waals surface area contributed by atoms with Crippen molar-refractivity contribution in [3.63, 3.8) is 0 Å². The molecule has 0 bridgehead atoms. The number of nitrogens with one attached hydrogen (secondary N) is 2. The topological polar surface area (TPSA) is 101 Å². The van der Waals surface area contributed by atoms with Gasteiger partial charge in [0.05, 0.1) is 22.7 Å². The van der Waals surface area contributed by atoms with E-state index in [1.165, 1.54) is 29.5 Å². The fourth-order valence-electron chi connectivity index (χ4n) is 2.96. The number of sulfonamides is 1. The molecule has 0 unspecified atom stereocenters. The van der Waals surface area contributed by atoms with Gasteiger partial charge in [-0.05, 0) is 48.7 Å². The smallest absolute Gasteiger partial charge is 0.262 e. The molecule has 1 amide bonds. The van der Waals surface area contributed by atoms with Gasteiger partial charge < -0.3 is 9.73 Å². The Labute approximate surface area is 188 Å². The van der Waals surface area contributed by atoms with Crippen molar-refractivity contribution in [3.8, 4) is 11.5 Å². The number of carbonyl (C=O) groups excluding carboxylic acids is 1. The Kier molecular flexibility index (Phi) is 6.06. The van der Waals surface area contributed by atoms with Crippen LogP contribution in [-0.4, -0.2) is 19.3 Å². The zero-order valence-electron chi connectivity index (χ0n) is 16.8. The van der Waals surface area contributed by atoms with Crippen molar-refractivity contribution in [2.45, 2.75) is 18.4 Å². The Bertz CT molecular complexity index is 1370. The van der Waals surface area contributed by atoms with Crippen molar-refractivity contribution in [2.24, 2.45) is 0 Å². The van der Waals surface area contributed by atoms with Gasteiger partial charge in [-0.1, -0.05) is 18.2 Å². The van der Waals surface area contributed by atoms with Gasteiger partial charge >= 0.3 is 0 Å². The van der Waals surface area contributed by atoms with Crippen molar-refractivity contribution in [2.75, 3.05) is 4.72 Å². The van der Waals surface area contributed by atoms with Gasteiger partial charge in [0.1, 0.15) is 17.3 Å². The largest absolute Gasteiger partial charge is 0.441 e. The molecule has 0 aliphatic carbocycles. The number of halogens is 1. The second-order valence-electron chi connectivity index (χ2n) is 6.83. The van der Waals surface area contributed by atoms with Crippen LogP contribution in [0.5, 0.6) is 0 Å². The van der Waals surface area contributed by atoms with Crippen molar-refractivity contribution in [3.05, 3.63) is 88.2 Å². The highest BCUT2D eigenvalue weighted by Gasteiger charge is 2.20. The predicted molar refractivity (Wildman–Crippen MR) is 119 cm³/mol. The summed E-state index contributed by atoms with van der Waals surface area (Å²) >= 11 is 1.43. The van der Waals surface area contributed by atoms with Crippen LogP contribution in [0, 0.1) is 12.7 Å². The Morgan fingerprint density at radius 1 is 1.16 bits per heavy atom. The minimum absolute atomic E-state index is 0.154. The van der Waals surface area contributed by atoms with Crippen LogP contribution < -0.4 is 10.0 Å². The first-order valence-electron chi connectivity index (χ1n) is 9.48. The van der Waals surface area contributed by atoms with Crippen molar-refractivity contribution in [1.82, 2.24) is 10.3 Å². The Morgan fingerprint density at radius 2 is 1.97 bits per heavy atom. The average Bonchev–Trinajstić information content (AvgIpc) is 3.42. The maximum Gasteiger partial charge on any atom is 0.262 e. The fourth-order valence-corrected chi connectivity index (χ4v) is 4.71. The lowest BCUT2D eigenvalue weighted by atomic mass is 10.2. The van der Waals surface area contributed by atoms with Gasteiger partial charge in [0.15, 0.2) is 0 Å². The zero-order chi connectivity index (χ0) is 22.7. The van der Waals surface area contributed by atoms with Gasteiger partial charge in [-0.25, -0.2) is 17.8 Å². The first kappa shape index (κ1) is 21.7. The molecule has 10 heteroatoms. The molecule has 2 N–H and O–H groups in total. The summed E-state index contributed by atoms with van der Waals surface area (Å²) in [7, 11) is -4.03. The van der Waals surface area contributed by atoms with E-state index in [0.29, 0.717) is 22.6 Å². The second-order valence-corrected chi connectivity index (χ2v) is 9.29. The van der Waals surface area contributed by atoms with Crippen LogP contribution in [0.4, 0.5) is 10.1 Å². The molecule has 2 heterocycles. The molecule has 4 aromatic rings. The number of para-hydroxylation sites is 1. The number of nitrogens with zero attached hydrogens (tertiary/aromatic N) is 1. The minimum atomic E-state index is -4.03. The van der Waals surface area contributed by atoms with Crippen LogP contribution in [0.2, 0.25) is 0 Å². The van der Waals surface area contributed by atoms with Gasteiger partial charge in [0.25, 0.3) is 15.9 Å². The standard InChI is InChI=1S/C22H18FN3O4S2/c1-14-20(12-24-21(27)15-9-10-31-13-15)25-22(30-14)18-7-2-3-8-19(18)26-32(28,29)17-6-4-5-16(23)11-17/h2-11,13,26H,12H2,1H3,(H,24,27). The number of benzene rings is 2. The quantitative estimate of drug-likeness (QED) is 0.411. The summed E-state index contributed by atoms with van der Waals surface area (Å²) in [6.45, 7) is 1.86. The van der Waals surface area contributed by atoms with Crippen molar-refractivity contribution in [1.29, 1.82) is 0 Å². The number of anilines is 1. The molecular formula is C22H18FN3O4S2. The summed E-state index contributed by atoms with van der Waals surface area (Å²) in [4.78, 5) is 16.4. The van der Waals surface area contributed by atoms with Crippen LogP contribution in [-0.2, 0) is 16.6 Å². The second kappa shape index (κ2) is 8.93. The summed E-state index contributed by atoms with van der Waals surface area (Å²) in [5.74, 6) is -0.190. The van der Waals surface area contributed by atoms with E-state index in [1.807, 2.05) is 5.38 Å². The number of aryl methyl sites for hydroxylation is 1. The van der Waals surface area contributed by atoms with E-state index < -0.39 is 15.8 Å². The number of thiophene rings is 1. The number of aromatic nitrogens is 1. The summed E-state index contributed by atoms with van der Waals surface area (Å²) in [6, 6.07) is 13.0. The van der Waals surface area contributed by atoms with Gasteiger partial charge in [-0.15, -0.1) is 0 Å². The van der Waals surface area contributed by atoms with Crippen LogP contribution in [0.3, 0.4) is 0 Å². The van der Waals surface area contributed by atoms with E-state index in [0.717, 1.165) is 6.07 Å². The third kappa shape index (κ3) is 4.71. The number of carbonyl (C=O) groups is 1. The molecule has 0 spiro atoms. The molecule has 2 aromatic carbocycles. The first-order chi connectivity index (χ1) is 15.3. The number of hydrogen-bond donors (Lipinski definition) is 2. The van der Waals surface area contributed by atoms with Crippen LogP contribution in [0.25, 0.3) is 11.5 Å². The highest BCUT2D eigenvalue weighted by molar-refractivity contribution is 7.92. The van der Waals surface area contributed by atoms with E-state index in [2.05, 4.69) is 15.0 Å². The molecule has 164 valence electrons. The fraction of sp³-hybridized carbons (Fsp3) is 0.0909. The monoisotopic (exact) mass is 471 g/mol. The third-order valence-electron chi connectivity index (χ3n) is 4.60. The number of hydrogen-bond acceptors (Lipinski definition) is 6. The number of amides is 1. The molecule has 0 saturated carbocycles. The van der Waals surface area contributed by atoms with E-state index in [-0.39, 0.29) is 28.9 Å². The van der Waals surface area contributed by atoms with Crippen LogP contribution in [0.1, 0.15) is 21.8 Å². The number of rotatable bonds is 7. The molecule has 7 nitrogen and oxygen atoms in total. The van der Waals surface area contributed by atoms with Gasteiger partial charge in [-0.2, -0.15) is 11.3 Å². The van der Waals surface area contributed by atoms with Crippen LogP contribution >= 0.6 is 11.3 Å². The summed E-state index contributed by atoms with van der Waals surface area (Å²) in [5.41, 5.74) is 1.72. The molecule has 32 heavy (non-hydrogen) atoms. The van der Waals surface area contributed by atoms with Crippen molar-refractivity contribution < 1.29 is 22.0 Å². The van der Waals surface area contributed by atoms with Crippen molar-refractivity contribution >= 4 is 33.0 Å². The average molecular weight is 472 g/mol. The lowest BCUT2D eigenvalue weighted by Gasteiger charge is -2.11. The summed E-state index contributed by atoms with van der Waals surface area (Å²) in [5, 5.41) is 6.35. The zero-order valence-corrected chi connectivity index (χ0v) is 18.5. The highest BCUT2D eigenvalue weighted by atomic mass is 32.2. The summed E-state index contributed by atoms with van der Waals surface area (Å²) < 4.78 is 47.2. The SMILES string of the molecule is Cc1oc(-c2ccccc2NS(=O)(=O)c2cccc(F)c2)nc1CNC(=O)c1ccsc1. The molecule has 0 radical (unpaired) electrons. The highest BCUT2D eigenvalue weighted by Crippen LogP contribution is 2.30. The van der Waals surface area contributed by atoms with Crippen LogP contribution in [0.15, 0.2) is 74.7 Å². The Balaban J connectivity index is 1.57. The third-order valence-corrected chi connectivity index (χ3v) is 6.65. The van der Waals surface area contributed by atoms with E-state index >= 15 is 0 Å². The number of oxazole rings is 1. The molecule has 0 aliphatic rings. The Morgan fingerprint density at radius 3 is 2.72 bits per heavy atom. The lowest BCUT2D eigenvalue weighted by molar-refractivity contribution is 0.0951. The van der Waals surface area contributed by atoms with E-state index in [9.17, 15) is 17.6 Å². The molecule has 4 rings (SSSR count). The molecule has 0 aliphatic heterocycles. The van der Waals surface area contributed by atoms with Gasteiger partial charge in [0, 0.05) is 10.9 Å². The maximum atomic E-state index is 13.5. The lowest BCUT2D eigenvalue weighted by Crippen LogP contribution is -2.22. The van der Waals surface area contributed by atoms with Gasteiger partial charge in [-0.3, -0.25) is 9.52 Å². The molecular weight excluding hydrogens is 453 g/mol. The Hall–Kier alpha value is -3.50. The first-order valence-corrected chi connectivity index (χ1v) is 11.9. The molecule has 2 aromatic heterocycles. The molecule has 0 saturated heterocycles. The van der Waals surface area contributed by atoms with Gasteiger partial charge in [0.2, 0.25) is 5.89 Å². The molecule has 0 fully saturated rings. The minimum Gasteiger partial charge on any atom is -0.441 e.